The predicted octanol–water partition coefficient (Wildman–Crippen LogP) is 2.38. The molecule has 0 unspecified atom stereocenters. The van der Waals surface area contributed by atoms with Crippen molar-refractivity contribution in [3.05, 3.63) is 50.1 Å². The molecule has 1 saturated heterocycles. The maximum absolute atomic E-state index is 12.1. The lowest BCUT2D eigenvalue weighted by atomic mass is 9.97. The highest BCUT2D eigenvalue weighted by atomic mass is 16.6. The van der Waals surface area contributed by atoms with E-state index in [9.17, 15) is 25.0 Å². The third-order valence-electron chi connectivity index (χ3n) is 3.60. The number of benzene rings is 1. The zero-order valence-electron chi connectivity index (χ0n) is 11.8. The summed E-state index contributed by atoms with van der Waals surface area (Å²) in [6.07, 6.45) is 1.46. The molecule has 0 aliphatic carbocycles. The van der Waals surface area contributed by atoms with Gasteiger partial charge in [0.25, 0.3) is 5.69 Å². The minimum atomic E-state index is -0.527. The Morgan fingerprint density at radius 3 is 2.36 bits per heavy atom. The monoisotopic (exact) mass is 308 g/mol. The van der Waals surface area contributed by atoms with Gasteiger partial charge in [0.1, 0.15) is 6.10 Å². The maximum Gasteiger partial charge on any atom is 0.269 e. The summed E-state index contributed by atoms with van der Waals surface area (Å²) in [4.78, 5) is 32.3. The van der Waals surface area contributed by atoms with Gasteiger partial charge in [0.2, 0.25) is 6.54 Å². The number of hydrogen-bond donors (Lipinski definition) is 0. The highest BCUT2D eigenvalue weighted by Crippen LogP contribution is 2.23. The lowest BCUT2D eigenvalue weighted by Crippen LogP contribution is -2.34. The fraction of sp³-hybridized carbons (Fsp3) is 0.500. The summed E-state index contributed by atoms with van der Waals surface area (Å²) in [7, 11) is 0. The lowest BCUT2D eigenvalue weighted by Gasteiger charge is -2.27. The molecule has 2 rings (SSSR count). The molecule has 0 radical (unpaired) electrons. The van der Waals surface area contributed by atoms with Gasteiger partial charge in [-0.3, -0.25) is 25.0 Å². The fourth-order valence-corrected chi connectivity index (χ4v) is 2.53. The first-order valence-corrected chi connectivity index (χ1v) is 7.00. The Labute approximate surface area is 126 Å². The van der Waals surface area contributed by atoms with Gasteiger partial charge >= 0.3 is 0 Å². The number of nitro benzene ring substituents is 1. The van der Waals surface area contributed by atoms with Gasteiger partial charge < -0.3 is 4.74 Å². The topological polar surface area (TPSA) is 113 Å². The molecule has 2 atom stereocenters. The van der Waals surface area contributed by atoms with Crippen molar-refractivity contribution in [2.45, 2.75) is 37.9 Å². The minimum Gasteiger partial charge on any atom is -0.368 e. The number of ketones is 1. The molecule has 8 heteroatoms. The average Bonchev–Trinajstić information content (AvgIpc) is 2.47. The predicted molar refractivity (Wildman–Crippen MR) is 76.4 cm³/mol. The van der Waals surface area contributed by atoms with Crippen LogP contribution in [0.15, 0.2) is 24.3 Å². The van der Waals surface area contributed by atoms with Gasteiger partial charge in [0.15, 0.2) is 5.78 Å². The molecular weight excluding hydrogens is 292 g/mol. The van der Waals surface area contributed by atoms with Crippen molar-refractivity contribution in [1.29, 1.82) is 0 Å². The van der Waals surface area contributed by atoms with E-state index in [-0.39, 0.29) is 30.5 Å². The third kappa shape index (κ3) is 4.32. The van der Waals surface area contributed by atoms with Crippen molar-refractivity contribution in [3.8, 4) is 0 Å². The fourth-order valence-electron chi connectivity index (χ4n) is 2.53. The second kappa shape index (κ2) is 7.08. The van der Waals surface area contributed by atoms with Crippen molar-refractivity contribution in [2.75, 3.05) is 6.54 Å². The molecular formula is C14H16N2O6. The van der Waals surface area contributed by atoms with Crippen LogP contribution in [0.5, 0.6) is 0 Å². The van der Waals surface area contributed by atoms with Crippen LogP contribution in [-0.4, -0.2) is 34.4 Å². The number of nitrogens with zero attached hydrogens (tertiary/aromatic N) is 2. The van der Waals surface area contributed by atoms with Crippen LogP contribution in [0.25, 0.3) is 0 Å². The van der Waals surface area contributed by atoms with E-state index < -0.39 is 16.0 Å². The summed E-state index contributed by atoms with van der Waals surface area (Å²) in [5, 5.41) is 21.1. The van der Waals surface area contributed by atoms with E-state index in [0.717, 1.165) is 6.42 Å². The van der Waals surface area contributed by atoms with E-state index in [1.165, 1.54) is 24.3 Å². The second-order valence-electron chi connectivity index (χ2n) is 5.26. The average molecular weight is 308 g/mol. The Hall–Kier alpha value is -2.35. The van der Waals surface area contributed by atoms with Crippen molar-refractivity contribution < 1.29 is 19.4 Å². The molecule has 118 valence electrons. The molecule has 0 bridgehead atoms. The molecule has 8 nitrogen and oxygen atoms in total. The Morgan fingerprint density at radius 1 is 1.14 bits per heavy atom. The molecule has 0 saturated carbocycles. The van der Waals surface area contributed by atoms with Gasteiger partial charge in [0, 0.05) is 29.0 Å². The summed E-state index contributed by atoms with van der Waals surface area (Å²) in [6.45, 7) is -0.248. The molecule has 1 fully saturated rings. The Bertz CT molecular complexity index is 571. The van der Waals surface area contributed by atoms with Crippen LogP contribution in [-0.2, 0) is 4.74 Å². The molecule has 1 aromatic rings. The number of nitro groups is 2. The molecule has 22 heavy (non-hydrogen) atoms. The summed E-state index contributed by atoms with van der Waals surface area (Å²) in [5.41, 5.74) is 0.308. The van der Waals surface area contributed by atoms with Gasteiger partial charge in [-0.25, -0.2) is 0 Å². The zero-order chi connectivity index (χ0) is 16.1. The van der Waals surface area contributed by atoms with Gasteiger partial charge in [0.05, 0.1) is 11.0 Å². The van der Waals surface area contributed by atoms with Crippen LogP contribution in [0.1, 0.15) is 36.0 Å². The Balaban J connectivity index is 1.93. The van der Waals surface area contributed by atoms with Gasteiger partial charge in [-0.2, -0.15) is 0 Å². The van der Waals surface area contributed by atoms with E-state index in [1.807, 2.05) is 0 Å². The number of non-ortho nitro benzene ring substituents is 1. The van der Waals surface area contributed by atoms with Crippen molar-refractivity contribution in [3.63, 3.8) is 0 Å². The van der Waals surface area contributed by atoms with Crippen LogP contribution in [0.2, 0.25) is 0 Å². The standard InChI is InChI=1S/C14H16N2O6/c17-14(10-4-6-11(7-5-10)16(20)21)8-12-2-1-3-13(22-12)9-15(18)19/h4-7,12-13H,1-3,8-9H2/t12-,13+/m0/s1. The summed E-state index contributed by atoms with van der Waals surface area (Å²) >= 11 is 0. The van der Waals surface area contributed by atoms with Crippen LogP contribution < -0.4 is 0 Å². The van der Waals surface area contributed by atoms with Gasteiger partial charge in [-0.1, -0.05) is 0 Å². The molecule has 0 aromatic heterocycles. The van der Waals surface area contributed by atoms with E-state index in [0.29, 0.717) is 18.4 Å². The van der Waals surface area contributed by atoms with Gasteiger partial charge in [-0.05, 0) is 31.4 Å². The van der Waals surface area contributed by atoms with Crippen molar-refractivity contribution in [2.24, 2.45) is 0 Å². The normalized spacial score (nSPS) is 21.3. The largest absolute Gasteiger partial charge is 0.368 e. The summed E-state index contributed by atoms with van der Waals surface area (Å²) in [5.74, 6) is -0.179. The molecule has 1 heterocycles. The lowest BCUT2D eigenvalue weighted by molar-refractivity contribution is -0.493. The quantitative estimate of drug-likeness (QED) is 0.453. The first kappa shape index (κ1) is 16.0. The van der Waals surface area contributed by atoms with E-state index >= 15 is 0 Å². The Kier molecular flexibility index (Phi) is 5.16. The number of hydrogen-bond acceptors (Lipinski definition) is 6. The van der Waals surface area contributed by atoms with Crippen molar-refractivity contribution >= 4 is 11.5 Å². The SMILES string of the molecule is O=C(C[C@@H]1CCC[C@H](C[N+](=O)[O-])O1)c1ccc([N+](=O)[O-])cc1. The minimum absolute atomic E-state index is 0.0727. The van der Waals surface area contributed by atoms with Crippen LogP contribution >= 0.6 is 0 Å². The van der Waals surface area contributed by atoms with Crippen LogP contribution in [0.4, 0.5) is 5.69 Å². The highest BCUT2D eigenvalue weighted by Gasteiger charge is 2.27. The molecule has 1 aromatic carbocycles. The summed E-state index contributed by atoms with van der Waals surface area (Å²) < 4.78 is 5.58. The number of Topliss-reactive ketones (excluding diaryl/α,β-unsaturated/α-hetero) is 1. The molecule has 1 aliphatic rings. The van der Waals surface area contributed by atoms with E-state index in [4.69, 9.17) is 4.74 Å². The molecule has 1 aliphatic heterocycles. The van der Waals surface area contributed by atoms with Crippen LogP contribution in [0.3, 0.4) is 0 Å². The second-order valence-corrected chi connectivity index (χ2v) is 5.26. The molecule has 0 spiro atoms. The smallest absolute Gasteiger partial charge is 0.269 e. The molecule has 0 N–H and O–H groups in total. The third-order valence-corrected chi connectivity index (χ3v) is 3.60. The zero-order valence-corrected chi connectivity index (χ0v) is 11.8. The van der Waals surface area contributed by atoms with E-state index in [2.05, 4.69) is 0 Å². The van der Waals surface area contributed by atoms with Crippen LogP contribution in [0, 0.1) is 20.2 Å². The Morgan fingerprint density at radius 2 is 1.77 bits per heavy atom. The van der Waals surface area contributed by atoms with E-state index in [1.54, 1.807) is 0 Å². The maximum atomic E-state index is 12.1. The van der Waals surface area contributed by atoms with Crippen molar-refractivity contribution in [1.82, 2.24) is 0 Å². The number of ether oxygens (including phenoxy) is 1. The van der Waals surface area contributed by atoms with Gasteiger partial charge in [-0.15, -0.1) is 0 Å². The first-order valence-electron chi connectivity index (χ1n) is 7.00. The number of rotatable bonds is 6. The summed E-state index contributed by atoms with van der Waals surface area (Å²) in [6, 6.07) is 5.39. The number of carbonyl (C=O) groups is 1. The first-order chi connectivity index (χ1) is 10.5. The highest BCUT2D eigenvalue weighted by molar-refractivity contribution is 5.96. The molecule has 0 amide bonds. The number of carbonyl (C=O) groups excluding carboxylic acids is 1.